The largest absolute Gasteiger partial charge is 0.497 e. The van der Waals surface area contributed by atoms with Crippen LogP contribution in [0.2, 0.25) is 0 Å². The third kappa shape index (κ3) is 2.28. The van der Waals surface area contributed by atoms with Crippen molar-refractivity contribution in [2.75, 3.05) is 7.11 Å². The third-order valence-electron chi connectivity index (χ3n) is 6.12. The van der Waals surface area contributed by atoms with Gasteiger partial charge in [-0.1, -0.05) is 37.3 Å². The molecule has 0 radical (unpaired) electrons. The van der Waals surface area contributed by atoms with E-state index in [2.05, 4.69) is 49.4 Å². The summed E-state index contributed by atoms with van der Waals surface area (Å²) in [5.41, 5.74) is 12.6. The van der Waals surface area contributed by atoms with Crippen LogP contribution in [-0.4, -0.2) is 13.2 Å². The van der Waals surface area contributed by atoms with E-state index in [0.717, 1.165) is 25.0 Å². The van der Waals surface area contributed by atoms with Crippen molar-refractivity contribution in [2.24, 2.45) is 11.7 Å². The van der Waals surface area contributed by atoms with Gasteiger partial charge in [-0.25, -0.2) is 0 Å². The van der Waals surface area contributed by atoms with Crippen LogP contribution >= 0.6 is 0 Å². The fourth-order valence-corrected chi connectivity index (χ4v) is 4.71. The number of fused-ring (bicyclic) bond motifs is 5. The average molecular weight is 307 g/mol. The quantitative estimate of drug-likeness (QED) is 0.873. The van der Waals surface area contributed by atoms with E-state index in [9.17, 15) is 0 Å². The fourth-order valence-electron chi connectivity index (χ4n) is 4.71. The van der Waals surface area contributed by atoms with Gasteiger partial charge in [-0.2, -0.15) is 0 Å². The first-order valence-corrected chi connectivity index (χ1v) is 8.61. The van der Waals surface area contributed by atoms with E-state index < -0.39 is 0 Å². The minimum Gasteiger partial charge on any atom is -0.497 e. The summed E-state index contributed by atoms with van der Waals surface area (Å²) in [6, 6.07) is 15.6. The standard InChI is InChI=1S/C21H25NO/c1-21-13-17-6-4-3-5-14(17)7-8-16(20(21)22)11-15-9-10-18(23-2)12-19(15)21/h3-6,9-10,12,16,20H,7-8,11,13,22H2,1-2H3/t16?,20?,21-/m1/s1. The van der Waals surface area contributed by atoms with E-state index in [1.165, 1.54) is 28.7 Å². The lowest BCUT2D eigenvalue weighted by atomic mass is 9.59. The highest BCUT2D eigenvalue weighted by molar-refractivity contribution is 5.46. The summed E-state index contributed by atoms with van der Waals surface area (Å²) in [7, 11) is 1.74. The minimum atomic E-state index is -0.0245. The van der Waals surface area contributed by atoms with Gasteiger partial charge in [0.15, 0.2) is 0 Å². The summed E-state index contributed by atoms with van der Waals surface area (Å²) in [6.07, 6.45) is 4.44. The molecule has 2 bridgehead atoms. The van der Waals surface area contributed by atoms with Gasteiger partial charge < -0.3 is 10.5 Å². The third-order valence-corrected chi connectivity index (χ3v) is 6.12. The summed E-state index contributed by atoms with van der Waals surface area (Å²) < 4.78 is 5.48. The maximum absolute atomic E-state index is 6.81. The van der Waals surface area contributed by atoms with Gasteiger partial charge in [-0.15, -0.1) is 0 Å². The van der Waals surface area contributed by atoms with Crippen LogP contribution in [0.5, 0.6) is 5.75 Å². The summed E-state index contributed by atoms with van der Waals surface area (Å²) in [5, 5.41) is 0. The highest BCUT2D eigenvalue weighted by atomic mass is 16.5. The van der Waals surface area contributed by atoms with Crippen molar-refractivity contribution in [3.05, 3.63) is 64.7 Å². The predicted octanol–water partition coefficient (Wildman–Crippen LogP) is 3.64. The van der Waals surface area contributed by atoms with Crippen molar-refractivity contribution < 1.29 is 4.74 Å². The van der Waals surface area contributed by atoms with Gasteiger partial charge in [0.1, 0.15) is 5.75 Å². The second kappa shape index (κ2) is 5.38. The molecular formula is C21H25NO. The zero-order valence-electron chi connectivity index (χ0n) is 14.0. The number of hydrogen-bond acceptors (Lipinski definition) is 2. The molecule has 23 heavy (non-hydrogen) atoms. The molecule has 2 nitrogen and oxygen atoms in total. The zero-order valence-corrected chi connectivity index (χ0v) is 14.0. The topological polar surface area (TPSA) is 35.2 Å². The molecule has 2 N–H and O–H groups in total. The Labute approximate surface area is 138 Å². The highest BCUT2D eigenvalue weighted by Gasteiger charge is 2.44. The number of nitrogens with two attached hydrogens (primary N) is 1. The van der Waals surface area contributed by atoms with Gasteiger partial charge in [-0.05, 0) is 66.0 Å². The van der Waals surface area contributed by atoms with Crippen molar-refractivity contribution in [2.45, 2.75) is 44.1 Å². The molecule has 3 atom stereocenters. The van der Waals surface area contributed by atoms with Gasteiger partial charge >= 0.3 is 0 Å². The van der Waals surface area contributed by atoms with E-state index >= 15 is 0 Å². The van der Waals surface area contributed by atoms with Gasteiger partial charge in [0.2, 0.25) is 0 Å². The first kappa shape index (κ1) is 14.8. The number of aryl methyl sites for hydroxylation is 1. The Morgan fingerprint density at radius 1 is 1.09 bits per heavy atom. The summed E-state index contributed by atoms with van der Waals surface area (Å²) in [6.45, 7) is 2.35. The molecule has 4 rings (SSSR count). The molecule has 0 saturated carbocycles. The maximum atomic E-state index is 6.81. The molecule has 2 aromatic carbocycles. The number of ether oxygens (including phenoxy) is 1. The van der Waals surface area contributed by atoms with Crippen molar-refractivity contribution in [1.29, 1.82) is 0 Å². The van der Waals surface area contributed by atoms with E-state index in [0.29, 0.717) is 5.92 Å². The molecule has 0 fully saturated rings. The molecule has 2 aromatic rings. The predicted molar refractivity (Wildman–Crippen MR) is 94.0 cm³/mol. The molecule has 0 heterocycles. The second-order valence-corrected chi connectivity index (χ2v) is 7.41. The van der Waals surface area contributed by atoms with Crippen LogP contribution in [0.1, 0.15) is 35.6 Å². The van der Waals surface area contributed by atoms with Crippen molar-refractivity contribution in [3.63, 3.8) is 0 Å². The van der Waals surface area contributed by atoms with Crippen LogP contribution in [0, 0.1) is 5.92 Å². The molecule has 0 amide bonds. The number of hydrogen-bond donors (Lipinski definition) is 1. The second-order valence-electron chi connectivity index (χ2n) is 7.41. The zero-order chi connectivity index (χ0) is 16.0. The van der Waals surface area contributed by atoms with Crippen LogP contribution in [-0.2, 0) is 24.7 Å². The van der Waals surface area contributed by atoms with Crippen LogP contribution in [0.15, 0.2) is 42.5 Å². The Morgan fingerprint density at radius 3 is 2.65 bits per heavy atom. The van der Waals surface area contributed by atoms with Crippen LogP contribution in [0.3, 0.4) is 0 Å². The van der Waals surface area contributed by atoms with Gasteiger partial charge in [0.25, 0.3) is 0 Å². The first-order valence-electron chi connectivity index (χ1n) is 8.61. The average Bonchev–Trinajstić information content (AvgIpc) is 2.57. The smallest absolute Gasteiger partial charge is 0.119 e. The molecule has 120 valence electrons. The number of methoxy groups -OCH3 is 1. The Morgan fingerprint density at radius 2 is 1.87 bits per heavy atom. The maximum Gasteiger partial charge on any atom is 0.119 e. The van der Waals surface area contributed by atoms with Crippen LogP contribution in [0.25, 0.3) is 0 Å². The molecule has 0 saturated heterocycles. The summed E-state index contributed by atoms with van der Waals surface area (Å²) in [5.74, 6) is 1.50. The SMILES string of the molecule is COc1ccc2c(c1)[C@@]1(C)Cc3ccccc3CCC(C2)C1N. The fraction of sp³-hybridized carbons (Fsp3) is 0.429. The van der Waals surface area contributed by atoms with Crippen LogP contribution < -0.4 is 10.5 Å². The number of benzene rings is 2. The highest BCUT2D eigenvalue weighted by Crippen LogP contribution is 2.45. The van der Waals surface area contributed by atoms with Gasteiger partial charge in [0.05, 0.1) is 7.11 Å². The van der Waals surface area contributed by atoms with E-state index in [-0.39, 0.29) is 11.5 Å². The summed E-state index contributed by atoms with van der Waals surface area (Å²) in [4.78, 5) is 0. The van der Waals surface area contributed by atoms with Gasteiger partial charge in [0, 0.05) is 11.5 Å². The summed E-state index contributed by atoms with van der Waals surface area (Å²) >= 11 is 0. The molecular weight excluding hydrogens is 282 g/mol. The van der Waals surface area contributed by atoms with E-state index in [1.807, 2.05) is 0 Å². The Balaban J connectivity index is 1.89. The Kier molecular flexibility index (Phi) is 3.46. The van der Waals surface area contributed by atoms with Crippen molar-refractivity contribution >= 4 is 0 Å². The van der Waals surface area contributed by atoms with Gasteiger partial charge in [-0.3, -0.25) is 0 Å². The van der Waals surface area contributed by atoms with Crippen LogP contribution in [0.4, 0.5) is 0 Å². The van der Waals surface area contributed by atoms with E-state index in [4.69, 9.17) is 10.5 Å². The molecule has 0 spiro atoms. The molecule has 2 aliphatic carbocycles. The minimum absolute atomic E-state index is 0.0245. The van der Waals surface area contributed by atoms with Crippen molar-refractivity contribution in [1.82, 2.24) is 0 Å². The van der Waals surface area contributed by atoms with Crippen molar-refractivity contribution in [3.8, 4) is 5.75 Å². The normalized spacial score (nSPS) is 29.0. The molecule has 0 aromatic heterocycles. The Bertz CT molecular complexity index is 738. The Hall–Kier alpha value is -1.80. The van der Waals surface area contributed by atoms with E-state index in [1.54, 1.807) is 7.11 Å². The lowest BCUT2D eigenvalue weighted by molar-refractivity contribution is 0.231. The molecule has 2 heteroatoms. The molecule has 0 aliphatic heterocycles. The molecule has 2 aliphatic rings. The lowest BCUT2D eigenvalue weighted by Gasteiger charge is -2.47. The number of rotatable bonds is 1. The lowest BCUT2D eigenvalue weighted by Crippen LogP contribution is -2.54. The first-order chi connectivity index (χ1) is 11.1. The molecule has 2 unspecified atom stereocenters. The monoisotopic (exact) mass is 307 g/mol.